The van der Waals surface area contributed by atoms with Crippen molar-refractivity contribution < 1.29 is 9.46 Å². The third-order valence-electron chi connectivity index (χ3n) is 3.36. The van der Waals surface area contributed by atoms with E-state index < -0.39 is 7.37 Å². The normalized spacial score (nSPS) is 14.1. The number of hydrogen-bond acceptors (Lipinski definition) is 2. The van der Waals surface area contributed by atoms with Crippen molar-refractivity contribution in [2.75, 3.05) is 0 Å². The van der Waals surface area contributed by atoms with E-state index in [9.17, 15) is 9.46 Å². The van der Waals surface area contributed by atoms with Gasteiger partial charge in [0.1, 0.15) is 0 Å². The van der Waals surface area contributed by atoms with Gasteiger partial charge in [0.15, 0.2) is 0 Å². The molecule has 19 heavy (non-hydrogen) atoms. The third kappa shape index (κ3) is 3.15. The second kappa shape index (κ2) is 5.32. The number of hydrogen-bond donors (Lipinski definition) is 0. The van der Waals surface area contributed by atoms with Gasteiger partial charge in [0, 0.05) is 13.5 Å². The maximum absolute atomic E-state index is 12.4. The van der Waals surface area contributed by atoms with E-state index in [1.54, 1.807) is 24.3 Å². The highest BCUT2D eigenvalue weighted by Gasteiger charge is 2.15. The van der Waals surface area contributed by atoms with E-state index in [4.69, 9.17) is 0 Å². The molecule has 0 bridgehead atoms. The molecule has 0 radical (unpaired) electrons. The Hall–Kier alpha value is -1.37. The topological polar surface area (TPSA) is 40.1 Å². The summed E-state index contributed by atoms with van der Waals surface area (Å²) in [4.78, 5) is 12.4. The lowest BCUT2D eigenvalue weighted by Gasteiger charge is -2.26. The van der Waals surface area contributed by atoms with Crippen LogP contribution >= 0.6 is 7.37 Å². The van der Waals surface area contributed by atoms with Crippen molar-refractivity contribution in [3.63, 3.8) is 0 Å². The zero-order valence-electron chi connectivity index (χ0n) is 11.5. The zero-order chi connectivity index (χ0) is 14.0. The van der Waals surface area contributed by atoms with Gasteiger partial charge in [0.05, 0.1) is 0 Å². The Morgan fingerprint density at radius 1 is 1.00 bits per heavy atom. The molecule has 0 fully saturated rings. The van der Waals surface area contributed by atoms with Gasteiger partial charge in [-0.05, 0) is 42.8 Å². The van der Waals surface area contributed by atoms with Crippen LogP contribution in [0, 0.1) is 20.8 Å². The second-order valence-corrected chi connectivity index (χ2v) is 7.22. The first-order chi connectivity index (χ1) is 8.90. The van der Waals surface area contributed by atoms with Gasteiger partial charge >= 0.3 is 0 Å². The second-order valence-electron chi connectivity index (χ2n) is 5.04. The van der Waals surface area contributed by atoms with E-state index in [0.717, 1.165) is 16.7 Å². The fourth-order valence-corrected chi connectivity index (χ4v) is 4.14. The van der Waals surface area contributed by atoms with Crippen LogP contribution < -0.4 is 10.2 Å². The summed E-state index contributed by atoms with van der Waals surface area (Å²) >= 11 is 0. The summed E-state index contributed by atoms with van der Waals surface area (Å²) in [7, 11) is -3.59. The van der Waals surface area contributed by atoms with Crippen LogP contribution in [0.4, 0.5) is 0 Å². The molecular weight excluding hydrogens is 255 g/mol. The lowest BCUT2D eigenvalue weighted by Crippen LogP contribution is -2.17. The van der Waals surface area contributed by atoms with Crippen LogP contribution in [0.5, 0.6) is 0 Å². The summed E-state index contributed by atoms with van der Waals surface area (Å²) < 4.78 is 12.4. The zero-order valence-corrected chi connectivity index (χ0v) is 12.4. The summed E-state index contributed by atoms with van der Waals surface area (Å²) in [5, 5.41) is 0.411. The Balaban J connectivity index is 2.39. The maximum atomic E-state index is 12.4. The molecule has 2 aromatic rings. The fourth-order valence-electron chi connectivity index (χ4n) is 2.41. The van der Waals surface area contributed by atoms with Crippen molar-refractivity contribution in [3.8, 4) is 0 Å². The molecule has 0 saturated carbocycles. The summed E-state index contributed by atoms with van der Waals surface area (Å²) in [5.74, 6) is 0. The highest BCUT2D eigenvalue weighted by molar-refractivity contribution is 7.63. The highest BCUT2D eigenvalue weighted by atomic mass is 31.2. The predicted molar refractivity (Wildman–Crippen MR) is 78.0 cm³/mol. The quantitative estimate of drug-likeness (QED) is 0.806. The highest BCUT2D eigenvalue weighted by Crippen LogP contribution is 2.40. The van der Waals surface area contributed by atoms with Crippen molar-refractivity contribution in [1.82, 2.24) is 0 Å². The van der Waals surface area contributed by atoms with Crippen molar-refractivity contribution >= 4 is 12.7 Å². The first kappa shape index (κ1) is 14.0. The molecule has 1 atom stereocenters. The average Bonchev–Trinajstić information content (AvgIpc) is 2.35. The first-order valence-electron chi connectivity index (χ1n) is 6.32. The molecule has 0 aliphatic carbocycles. The molecule has 2 aromatic carbocycles. The van der Waals surface area contributed by atoms with E-state index in [1.165, 1.54) is 5.56 Å². The van der Waals surface area contributed by atoms with Crippen LogP contribution in [0.25, 0.3) is 0 Å². The molecule has 2 rings (SSSR count). The van der Waals surface area contributed by atoms with E-state index in [1.807, 2.05) is 39.0 Å². The first-order valence-corrected chi connectivity index (χ1v) is 8.13. The van der Waals surface area contributed by atoms with Gasteiger partial charge in [-0.2, -0.15) is 0 Å². The predicted octanol–water partition coefficient (Wildman–Crippen LogP) is 3.08. The third-order valence-corrected chi connectivity index (χ3v) is 5.17. The van der Waals surface area contributed by atoms with Gasteiger partial charge in [-0.15, -0.1) is 0 Å². The van der Waals surface area contributed by atoms with Gasteiger partial charge in [-0.25, -0.2) is 0 Å². The van der Waals surface area contributed by atoms with E-state index >= 15 is 0 Å². The smallest absolute Gasteiger partial charge is 0.0476 e. The molecule has 0 saturated heterocycles. The van der Waals surface area contributed by atoms with Crippen LogP contribution in [0.1, 0.15) is 22.3 Å². The molecule has 100 valence electrons. The molecule has 0 aromatic heterocycles. The Kier molecular flexibility index (Phi) is 3.93. The minimum atomic E-state index is -3.59. The average molecular weight is 273 g/mol. The Morgan fingerprint density at radius 3 is 2.05 bits per heavy atom. The Labute approximate surface area is 114 Å². The summed E-state index contributed by atoms with van der Waals surface area (Å²) in [6.07, 6.45) is 0.0922. The summed E-state index contributed by atoms with van der Waals surface area (Å²) in [5.41, 5.74) is 4.18. The standard InChI is InChI=1S/C16H19O2P/c1-12-9-13(2)16(14(3)10-12)11-19(17,18)15-7-5-4-6-8-15/h4-10H,11H2,1-3H3,(H,17,18)/p-1. The van der Waals surface area contributed by atoms with E-state index in [-0.39, 0.29) is 6.16 Å². The van der Waals surface area contributed by atoms with Gasteiger partial charge in [-0.3, -0.25) is 0 Å². The molecule has 0 amide bonds. The van der Waals surface area contributed by atoms with Crippen LogP contribution in [0.15, 0.2) is 42.5 Å². The molecule has 0 N–H and O–H groups in total. The molecule has 3 heteroatoms. The molecule has 0 heterocycles. The Bertz CT molecular complexity index is 609. The number of aryl methyl sites for hydroxylation is 3. The lowest BCUT2D eigenvalue weighted by molar-refractivity contribution is -0.171. The lowest BCUT2D eigenvalue weighted by atomic mass is 10.0. The fraction of sp³-hybridized carbons (Fsp3) is 0.250. The largest absolute Gasteiger partial charge is 0.796 e. The molecule has 0 aliphatic heterocycles. The van der Waals surface area contributed by atoms with Gasteiger partial charge in [-0.1, -0.05) is 48.0 Å². The van der Waals surface area contributed by atoms with Crippen LogP contribution in [-0.2, 0) is 10.7 Å². The summed E-state index contributed by atoms with van der Waals surface area (Å²) in [6, 6.07) is 12.7. The van der Waals surface area contributed by atoms with Gasteiger partial charge < -0.3 is 9.46 Å². The van der Waals surface area contributed by atoms with Crippen molar-refractivity contribution in [2.45, 2.75) is 26.9 Å². The molecule has 2 nitrogen and oxygen atoms in total. The monoisotopic (exact) mass is 273 g/mol. The van der Waals surface area contributed by atoms with E-state index in [0.29, 0.717) is 5.30 Å². The minimum absolute atomic E-state index is 0.0922. The van der Waals surface area contributed by atoms with Gasteiger partial charge in [0.25, 0.3) is 0 Å². The SMILES string of the molecule is Cc1cc(C)c(CP(=O)([O-])c2ccccc2)c(C)c1. The van der Waals surface area contributed by atoms with Crippen LogP contribution in [0.2, 0.25) is 0 Å². The molecular formula is C16H18O2P-. The van der Waals surface area contributed by atoms with Crippen molar-refractivity contribution in [1.29, 1.82) is 0 Å². The van der Waals surface area contributed by atoms with E-state index in [2.05, 4.69) is 0 Å². The van der Waals surface area contributed by atoms with Gasteiger partial charge in [0.2, 0.25) is 0 Å². The van der Waals surface area contributed by atoms with Crippen LogP contribution in [0.3, 0.4) is 0 Å². The van der Waals surface area contributed by atoms with Crippen molar-refractivity contribution in [3.05, 3.63) is 64.7 Å². The number of benzene rings is 2. The molecule has 0 aliphatic rings. The maximum Gasteiger partial charge on any atom is 0.0476 e. The van der Waals surface area contributed by atoms with Crippen molar-refractivity contribution in [2.24, 2.45) is 0 Å². The van der Waals surface area contributed by atoms with Crippen LogP contribution in [-0.4, -0.2) is 0 Å². The Morgan fingerprint density at radius 2 is 1.53 bits per heavy atom. The molecule has 0 spiro atoms. The minimum Gasteiger partial charge on any atom is -0.796 e. The molecule has 1 unspecified atom stereocenters. The number of rotatable bonds is 3. The summed E-state index contributed by atoms with van der Waals surface area (Å²) in [6.45, 7) is 5.97.